The van der Waals surface area contributed by atoms with Gasteiger partial charge < -0.3 is 5.11 Å². The fraction of sp³-hybridized carbons (Fsp3) is 0.143. The molecule has 2 rings (SSSR count). The van der Waals surface area contributed by atoms with E-state index in [1.807, 2.05) is 6.07 Å². The summed E-state index contributed by atoms with van der Waals surface area (Å²) in [5.41, 5.74) is 0.300. The SMILES string of the molecule is Cc1c(C#N)c(O)n(C)c(=O)c1N=Nc1ccc(Cl)cc1. The predicted molar refractivity (Wildman–Crippen MR) is 78.4 cm³/mol. The number of aromatic hydroxyl groups is 1. The van der Waals surface area contributed by atoms with Gasteiger partial charge >= 0.3 is 0 Å². The van der Waals surface area contributed by atoms with Crippen molar-refractivity contribution in [3.05, 3.63) is 50.8 Å². The van der Waals surface area contributed by atoms with Crippen LogP contribution in [0.25, 0.3) is 0 Å². The predicted octanol–water partition coefficient (Wildman–Crippen LogP) is 3.34. The molecule has 0 fully saturated rings. The Bertz CT molecular complexity index is 817. The van der Waals surface area contributed by atoms with Gasteiger partial charge in [0.2, 0.25) is 5.88 Å². The molecule has 106 valence electrons. The van der Waals surface area contributed by atoms with Crippen LogP contribution in [0.4, 0.5) is 11.4 Å². The van der Waals surface area contributed by atoms with E-state index in [1.165, 1.54) is 14.0 Å². The lowest BCUT2D eigenvalue weighted by molar-refractivity contribution is 0.421. The second-order valence-electron chi connectivity index (χ2n) is 4.32. The molecule has 1 N–H and O–H groups in total. The first-order chi connectivity index (χ1) is 9.95. The van der Waals surface area contributed by atoms with Crippen LogP contribution in [0, 0.1) is 18.3 Å². The molecule has 0 saturated carbocycles. The van der Waals surface area contributed by atoms with Crippen molar-refractivity contribution in [1.29, 1.82) is 5.26 Å². The van der Waals surface area contributed by atoms with E-state index in [2.05, 4.69) is 10.2 Å². The molecule has 21 heavy (non-hydrogen) atoms. The summed E-state index contributed by atoms with van der Waals surface area (Å²) in [5.74, 6) is -0.384. The number of halogens is 1. The molecular formula is C14H11ClN4O2. The van der Waals surface area contributed by atoms with E-state index in [0.717, 1.165) is 4.57 Å². The Balaban J connectivity index is 2.55. The van der Waals surface area contributed by atoms with Crippen LogP contribution in [0.3, 0.4) is 0 Å². The van der Waals surface area contributed by atoms with Gasteiger partial charge in [0.05, 0.1) is 5.69 Å². The third kappa shape index (κ3) is 2.78. The summed E-state index contributed by atoms with van der Waals surface area (Å²) < 4.78 is 0.960. The van der Waals surface area contributed by atoms with Crippen molar-refractivity contribution in [2.45, 2.75) is 6.92 Å². The van der Waals surface area contributed by atoms with Crippen LogP contribution in [-0.4, -0.2) is 9.67 Å². The maximum atomic E-state index is 12.1. The molecule has 0 saturated heterocycles. The lowest BCUT2D eigenvalue weighted by Gasteiger charge is -2.08. The van der Waals surface area contributed by atoms with E-state index >= 15 is 0 Å². The maximum Gasteiger partial charge on any atom is 0.281 e. The van der Waals surface area contributed by atoms with Gasteiger partial charge in [-0.15, -0.1) is 5.11 Å². The van der Waals surface area contributed by atoms with Crippen LogP contribution in [0.15, 0.2) is 39.3 Å². The zero-order valence-electron chi connectivity index (χ0n) is 11.3. The van der Waals surface area contributed by atoms with E-state index in [-0.39, 0.29) is 22.7 Å². The zero-order chi connectivity index (χ0) is 15.6. The van der Waals surface area contributed by atoms with E-state index in [4.69, 9.17) is 16.9 Å². The quantitative estimate of drug-likeness (QED) is 0.862. The monoisotopic (exact) mass is 302 g/mol. The largest absolute Gasteiger partial charge is 0.493 e. The fourth-order valence-electron chi connectivity index (χ4n) is 1.74. The van der Waals surface area contributed by atoms with Crippen LogP contribution >= 0.6 is 11.6 Å². The molecule has 0 aliphatic heterocycles. The highest BCUT2D eigenvalue weighted by Gasteiger charge is 2.16. The lowest BCUT2D eigenvalue weighted by Crippen LogP contribution is -2.18. The number of benzene rings is 1. The normalized spacial score (nSPS) is 10.8. The number of aromatic nitrogens is 1. The van der Waals surface area contributed by atoms with Gasteiger partial charge in [0.15, 0.2) is 5.69 Å². The van der Waals surface area contributed by atoms with Crippen LogP contribution in [0.2, 0.25) is 5.02 Å². The molecule has 1 heterocycles. The number of hydrogen-bond donors (Lipinski definition) is 1. The van der Waals surface area contributed by atoms with Crippen molar-refractivity contribution in [1.82, 2.24) is 4.57 Å². The summed E-state index contributed by atoms with van der Waals surface area (Å²) in [6.45, 7) is 1.54. The second-order valence-corrected chi connectivity index (χ2v) is 4.76. The molecule has 0 radical (unpaired) electrons. The lowest BCUT2D eigenvalue weighted by atomic mass is 10.1. The number of rotatable bonds is 2. The topological polar surface area (TPSA) is 90.7 Å². The molecular weight excluding hydrogens is 292 g/mol. The first-order valence-electron chi connectivity index (χ1n) is 5.95. The average molecular weight is 303 g/mol. The minimum Gasteiger partial charge on any atom is -0.493 e. The van der Waals surface area contributed by atoms with Gasteiger partial charge in [0.1, 0.15) is 11.6 Å². The zero-order valence-corrected chi connectivity index (χ0v) is 12.1. The number of nitrogens with zero attached hydrogens (tertiary/aromatic N) is 4. The molecule has 0 aliphatic carbocycles. The minimum absolute atomic E-state index is 0.00200. The number of hydrogen-bond acceptors (Lipinski definition) is 5. The summed E-state index contributed by atoms with van der Waals surface area (Å²) in [6, 6.07) is 8.45. The van der Waals surface area contributed by atoms with E-state index < -0.39 is 5.56 Å². The highest BCUT2D eigenvalue weighted by atomic mass is 35.5. The van der Waals surface area contributed by atoms with E-state index in [0.29, 0.717) is 10.7 Å². The second kappa shape index (κ2) is 5.77. The molecule has 1 aromatic heterocycles. The number of pyridine rings is 1. The summed E-state index contributed by atoms with van der Waals surface area (Å²) in [7, 11) is 1.36. The Labute approximate surface area is 125 Å². The van der Waals surface area contributed by atoms with Gasteiger partial charge in [-0.1, -0.05) is 11.6 Å². The van der Waals surface area contributed by atoms with Crippen LogP contribution < -0.4 is 5.56 Å². The third-order valence-electron chi connectivity index (χ3n) is 2.98. The van der Waals surface area contributed by atoms with Gasteiger partial charge in [-0.2, -0.15) is 10.4 Å². The smallest absolute Gasteiger partial charge is 0.281 e. The van der Waals surface area contributed by atoms with Crippen molar-refractivity contribution < 1.29 is 5.11 Å². The summed E-state index contributed by atoms with van der Waals surface area (Å²) >= 11 is 5.77. The number of nitriles is 1. The van der Waals surface area contributed by atoms with Crippen molar-refractivity contribution in [2.24, 2.45) is 17.3 Å². The standard InChI is InChI=1S/C14H11ClN4O2/c1-8-11(7-16)13(20)19(2)14(21)12(8)18-17-10-5-3-9(15)4-6-10/h3-6,20H,1-2H3. The Morgan fingerprint density at radius 2 is 1.90 bits per heavy atom. The van der Waals surface area contributed by atoms with E-state index in [1.54, 1.807) is 24.3 Å². The molecule has 0 bridgehead atoms. The molecule has 0 spiro atoms. The molecule has 0 unspecified atom stereocenters. The van der Waals surface area contributed by atoms with Crippen LogP contribution in [-0.2, 0) is 7.05 Å². The van der Waals surface area contributed by atoms with Crippen molar-refractivity contribution >= 4 is 23.0 Å². The molecule has 1 aromatic carbocycles. The van der Waals surface area contributed by atoms with E-state index in [9.17, 15) is 9.90 Å². The van der Waals surface area contributed by atoms with Crippen molar-refractivity contribution in [3.8, 4) is 11.9 Å². The first-order valence-corrected chi connectivity index (χ1v) is 6.33. The van der Waals surface area contributed by atoms with Crippen molar-refractivity contribution in [3.63, 3.8) is 0 Å². The molecule has 6 nitrogen and oxygen atoms in total. The summed E-state index contributed by atoms with van der Waals surface area (Å²) in [4.78, 5) is 12.1. The van der Waals surface area contributed by atoms with Gasteiger partial charge in [-0.3, -0.25) is 9.36 Å². The summed E-state index contributed by atoms with van der Waals surface area (Å²) in [6.07, 6.45) is 0. The van der Waals surface area contributed by atoms with Gasteiger partial charge in [-0.05, 0) is 31.2 Å². The molecule has 7 heteroatoms. The summed E-state index contributed by atoms with van der Waals surface area (Å²) in [5, 5.41) is 27.2. The highest BCUT2D eigenvalue weighted by Crippen LogP contribution is 2.26. The Kier molecular flexibility index (Phi) is 4.05. The Hall–Kier alpha value is -2.65. The molecule has 0 atom stereocenters. The number of azo groups is 1. The van der Waals surface area contributed by atoms with Gasteiger partial charge in [-0.25, -0.2) is 0 Å². The van der Waals surface area contributed by atoms with Crippen molar-refractivity contribution in [2.75, 3.05) is 0 Å². The Morgan fingerprint density at radius 3 is 2.48 bits per heavy atom. The molecule has 0 amide bonds. The van der Waals surface area contributed by atoms with Crippen LogP contribution in [0.1, 0.15) is 11.1 Å². The minimum atomic E-state index is -0.526. The fourth-order valence-corrected chi connectivity index (χ4v) is 1.86. The van der Waals surface area contributed by atoms with Gasteiger partial charge in [0, 0.05) is 17.6 Å². The van der Waals surface area contributed by atoms with Gasteiger partial charge in [0.25, 0.3) is 5.56 Å². The Morgan fingerprint density at radius 1 is 1.29 bits per heavy atom. The highest BCUT2D eigenvalue weighted by molar-refractivity contribution is 6.30. The maximum absolute atomic E-state index is 12.1. The third-order valence-corrected chi connectivity index (χ3v) is 3.23. The molecule has 2 aromatic rings. The first kappa shape index (κ1) is 14.8. The van der Waals surface area contributed by atoms with Crippen LogP contribution in [0.5, 0.6) is 5.88 Å². The molecule has 0 aliphatic rings. The average Bonchev–Trinajstić information content (AvgIpc) is 2.47.